The molecular weight excluding hydrogens is 258 g/mol. The maximum Gasteiger partial charge on any atom is 0.317 e. The Balaban J connectivity index is 1.76. The lowest BCUT2D eigenvalue weighted by atomic mass is 10.3. The van der Waals surface area contributed by atoms with E-state index in [1.165, 1.54) is 0 Å². The molecule has 7 nitrogen and oxygen atoms in total. The highest BCUT2D eigenvalue weighted by Gasteiger charge is 2.23. The highest BCUT2D eigenvalue weighted by molar-refractivity contribution is 5.76. The van der Waals surface area contributed by atoms with Gasteiger partial charge in [-0.2, -0.15) is 5.10 Å². The Morgan fingerprint density at radius 1 is 1.25 bits per heavy atom. The Hall–Kier alpha value is -2.05. The molecule has 1 aliphatic rings. The second-order valence-corrected chi connectivity index (χ2v) is 5.07. The van der Waals surface area contributed by atoms with Crippen LogP contribution in [0.3, 0.4) is 0 Å². The molecule has 0 unspecified atom stereocenters. The van der Waals surface area contributed by atoms with Gasteiger partial charge in [0.15, 0.2) is 0 Å². The zero-order valence-electron chi connectivity index (χ0n) is 12.0. The molecule has 7 heteroatoms. The molecule has 1 aromatic rings. The van der Waals surface area contributed by atoms with Crippen molar-refractivity contribution in [3.63, 3.8) is 0 Å². The van der Waals surface area contributed by atoms with Crippen LogP contribution < -0.4 is 5.32 Å². The van der Waals surface area contributed by atoms with E-state index in [-0.39, 0.29) is 18.0 Å². The quantitative estimate of drug-likeness (QED) is 0.856. The van der Waals surface area contributed by atoms with Gasteiger partial charge in [-0.15, -0.1) is 0 Å². The van der Waals surface area contributed by atoms with Crippen molar-refractivity contribution in [3.8, 4) is 0 Å². The van der Waals surface area contributed by atoms with Crippen molar-refractivity contribution >= 4 is 11.9 Å². The van der Waals surface area contributed by atoms with Crippen LogP contribution >= 0.6 is 0 Å². The van der Waals surface area contributed by atoms with Crippen LogP contribution in [0.5, 0.6) is 0 Å². The molecule has 0 bridgehead atoms. The normalized spacial score (nSPS) is 16.9. The molecule has 1 saturated heterocycles. The summed E-state index contributed by atoms with van der Waals surface area (Å²) in [6, 6.07) is 1.79. The second-order valence-electron chi connectivity index (χ2n) is 5.07. The van der Waals surface area contributed by atoms with E-state index in [0.29, 0.717) is 32.7 Å². The van der Waals surface area contributed by atoms with Crippen molar-refractivity contribution in [3.05, 3.63) is 18.5 Å². The number of aromatic nitrogens is 2. The summed E-state index contributed by atoms with van der Waals surface area (Å²) in [6.45, 7) is 6.53. The van der Waals surface area contributed by atoms with Gasteiger partial charge in [0.1, 0.15) is 0 Å². The summed E-state index contributed by atoms with van der Waals surface area (Å²) in [6.07, 6.45) is 3.59. The summed E-state index contributed by atoms with van der Waals surface area (Å²) in [4.78, 5) is 26.8. The van der Waals surface area contributed by atoms with Gasteiger partial charge in [0, 0.05) is 51.5 Å². The molecule has 0 aromatic carbocycles. The van der Waals surface area contributed by atoms with E-state index >= 15 is 0 Å². The minimum absolute atomic E-state index is 0.00763. The van der Waals surface area contributed by atoms with Crippen molar-refractivity contribution in [2.24, 2.45) is 0 Å². The summed E-state index contributed by atoms with van der Waals surface area (Å²) < 4.78 is 1.79. The smallest absolute Gasteiger partial charge is 0.317 e. The van der Waals surface area contributed by atoms with Crippen molar-refractivity contribution in [2.75, 3.05) is 26.2 Å². The number of hydrogen-bond acceptors (Lipinski definition) is 3. The number of nitrogens with zero attached hydrogens (tertiary/aromatic N) is 4. The zero-order chi connectivity index (χ0) is 14.5. The third kappa shape index (κ3) is 3.72. The fourth-order valence-corrected chi connectivity index (χ4v) is 2.26. The van der Waals surface area contributed by atoms with Crippen LogP contribution in [0.25, 0.3) is 0 Å². The van der Waals surface area contributed by atoms with Gasteiger partial charge in [0.25, 0.3) is 0 Å². The Morgan fingerprint density at radius 3 is 2.45 bits per heavy atom. The first-order valence-corrected chi connectivity index (χ1v) is 6.84. The number of urea groups is 1. The Bertz CT molecular complexity index is 451. The molecule has 1 N–H and O–H groups in total. The minimum atomic E-state index is -0.0761. The molecule has 20 heavy (non-hydrogen) atoms. The molecule has 0 radical (unpaired) electrons. The largest absolute Gasteiger partial charge is 0.339 e. The average molecular weight is 279 g/mol. The second kappa shape index (κ2) is 6.40. The lowest BCUT2D eigenvalue weighted by Crippen LogP contribution is -2.54. The highest BCUT2D eigenvalue weighted by Crippen LogP contribution is 2.03. The maximum absolute atomic E-state index is 12.1. The van der Waals surface area contributed by atoms with Crippen LogP contribution in [-0.2, 0) is 11.3 Å². The van der Waals surface area contributed by atoms with E-state index in [4.69, 9.17) is 0 Å². The van der Waals surface area contributed by atoms with Gasteiger partial charge < -0.3 is 15.1 Å². The van der Waals surface area contributed by atoms with Gasteiger partial charge in [-0.1, -0.05) is 0 Å². The van der Waals surface area contributed by atoms with Gasteiger partial charge >= 0.3 is 6.03 Å². The molecule has 1 aliphatic heterocycles. The lowest BCUT2D eigenvalue weighted by molar-refractivity contribution is -0.130. The van der Waals surface area contributed by atoms with Crippen LogP contribution in [-0.4, -0.2) is 63.7 Å². The molecule has 0 aliphatic carbocycles. The molecule has 0 saturated carbocycles. The third-order valence-electron chi connectivity index (χ3n) is 3.40. The number of piperazine rings is 1. The van der Waals surface area contributed by atoms with Gasteiger partial charge in [0.2, 0.25) is 5.91 Å². The van der Waals surface area contributed by atoms with Gasteiger partial charge in [0.05, 0.1) is 6.54 Å². The summed E-state index contributed by atoms with van der Waals surface area (Å²) in [5.41, 5.74) is 0. The van der Waals surface area contributed by atoms with Crippen molar-refractivity contribution < 1.29 is 9.59 Å². The first-order chi connectivity index (χ1) is 9.56. The molecule has 0 spiro atoms. The van der Waals surface area contributed by atoms with Crippen LogP contribution in [0.4, 0.5) is 4.79 Å². The SMILES string of the molecule is CC(=O)N1CCN(C(=O)N[C@@H](C)Cn2cccn2)CC1. The summed E-state index contributed by atoms with van der Waals surface area (Å²) >= 11 is 0. The van der Waals surface area contributed by atoms with Crippen molar-refractivity contribution in [1.29, 1.82) is 0 Å². The Morgan fingerprint density at radius 2 is 1.90 bits per heavy atom. The monoisotopic (exact) mass is 279 g/mol. The molecule has 110 valence electrons. The topological polar surface area (TPSA) is 70.5 Å². The fraction of sp³-hybridized carbons (Fsp3) is 0.615. The van der Waals surface area contributed by atoms with Gasteiger partial charge in [-0.05, 0) is 13.0 Å². The third-order valence-corrected chi connectivity index (χ3v) is 3.40. The lowest BCUT2D eigenvalue weighted by Gasteiger charge is -2.34. The van der Waals surface area contributed by atoms with Crippen molar-refractivity contribution in [1.82, 2.24) is 24.9 Å². The number of hydrogen-bond donors (Lipinski definition) is 1. The first-order valence-electron chi connectivity index (χ1n) is 6.84. The predicted molar refractivity (Wildman–Crippen MR) is 74.0 cm³/mol. The maximum atomic E-state index is 12.1. The van der Waals surface area contributed by atoms with E-state index < -0.39 is 0 Å². The van der Waals surface area contributed by atoms with E-state index in [1.54, 1.807) is 27.6 Å². The highest BCUT2D eigenvalue weighted by atomic mass is 16.2. The minimum Gasteiger partial charge on any atom is -0.339 e. The molecule has 2 heterocycles. The fourth-order valence-electron chi connectivity index (χ4n) is 2.26. The molecule has 1 fully saturated rings. The van der Waals surface area contributed by atoms with Gasteiger partial charge in [-0.3, -0.25) is 9.48 Å². The van der Waals surface area contributed by atoms with Crippen LogP contribution in [0, 0.1) is 0 Å². The number of carbonyl (C=O) groups is 2. The average Bonchev–Trinajstić information content (AvgIpc) is 2.91. The predicted octanol–water partition coefficient (Wildman–Crippen LogP) is 0.145. The molecular formula is C13H21N5O2. The van der Waals surface area contributed by atoms with Gasteiger partial charge in [-0.25, -0.2) is 4.79 Å². The van der Waals surface area contributed by atoms with E-state index in [0.717, 1.165) is 0 Å². The first kappa shape index (κ1) is 14.4. The number of carbonyl (C=O) groups excluding carboxylic acids is 2. The van der Waals surface area contributed by atoms with Crippen molar-refractivity contribution in [2.45, 2.75) is 26.4 Å². The van der Waals surface area contributed by atoms with Crippen LogP contribution in [0.15, 0.2) is 18.5 Å². The number of nitrogens with one attached hydrogen (secondary N) is 1. The summed E-state index contributed by atoms with van der Waals surface area (Å²) in [5.74, 6) is 0.0668. The summed E-state index contributed by atoms with van der Waals surface area (Å²) in [7, 11) is 0. The zero-order valence-corrected chi connectivity index (χ0v) is 12.0. The Labute approximate surface area is 118 Å². The Kier molecular flexibility index (Phi) is 4.60. The van der Waals surface area contributed by atoms with Crippen LogP contribution in [0.2, 0.25) is 0 Å². The van der Waals surface area contributed by atoms with Crippen LogP contribution in [0.1, 0.15) is 13.8 Å². The number of rotatable bonds is 3. The van der Waals surface area contributed by atoms with E-state index in [1.807, 2.05) is 19.2 Å². The molecule has 2 rings (SSSR count). The molecule has 1 aromatic heterocycles. The summed E-state index contributed by atoms with van der Waals surface area (Å²) in [5, 5.41) is 7.07. The molecule has 3 amide bonds. The standard InChI is InChI=1S/C13H21N5O2/c1-11(10-18-5-3-4-14-18)15-13(20)17-8-6-16(7-9-17)12(2)19/h3-5,11H,6-10H2,1-2H3,(H,15,20)/t11-/m0/s1. The van der Waals surface area contributed by atoms with E-state index in [2.05, 4.69) is 10.4 Å². The molecule has 1 atom stereocenters. The number of amides is 3. The van der Waals surface area contributed by atoms with E-state index in [9.17, 15) is 9.59 Å².